The van der Waals surface area contributed by atoms with E-state index < -0.39 is 0 Å². The van der Waals surface area contributed by atoms with E-state index in [9.17, 15) is 0 Å². The van der Waals surface area contributed by atoms with E-state index in [0.717, 1.165) is 11.5 Å². The molecule has 16 heavy (non-hydrogen) atoms. The molecule has 0 aromatic heterocycles. The fourth-order valence-corrected chi connectivity index (χ4v) is 2.30. The van der Waals surface area contributed by atoms with Crippen molar-refractivity contribution in [1.82, 2.24) is 5.32 Å². The fourth-order valence-electron chi connectivity index (χ4n) is 2.30. The van der Waals surface area contributed by atoms with E-state index in [-0.39, 0.29) is 5.54 Å². The molecule has 0 saturated carbocycles. The fraction of sp³-hybridized carbons (Fsp3) is 0.500. The van der Waals surface area contributed by atoms with Crippen molar-refractivity contribution in [2.24, 2.45) is 0 Å². The van der Waals surface area contributed by atoms with Gasteiger partial charge in [-0.1, -0.05) is 0 Å². The molecule has 1 aromatic carbocycles. The molecule has 0 amide bonds. The zero-order chi connectivity index (χ0) is 11.2. The van der Waals surface area contributed by atoms with Crippen molar-refractivity contribution in [3.63, 3.8) is 0 Å². The Morgan fingerprint density at radius 1 is 1.19 bits per heavy atom. The topological polar surface area (TPSA) is 39.7 Å². The summed E-state index contributed by atoms with van der Waals surface area (Å²) in [6.07, 6.45) is 0. The van der Waals surface area contributed by atoms with Gasteiger partial charge < -0.3 is 19.5 Å². The van der Waals surface area contributed by atoms with E-state index in [1.54, 1.807) is 0 Å². The summed E-state index contributed by atoms with van der Waals surface area (Å²) in [4.78, 5) is 0. The summed E-state index contributed by atoms with van der Waals surface area (Å²) in [6.45, 7) is 3.84. The van der Waals surface area contributed by atoms with Crippen molar-refractivity contribution >= 4 is 0 Å². The molecular formula is C12H15NO3. The Bertz CT molecular complexity index is 421. The first-order valence-corrected chi connectivity index (χ1v) is 5.42. The van der Waals surface area contributed by atoms with Crippen molar-refractivity contribution in [3.8, 4) is 11.5 Å². The molecule has 4 heteroatoms. The van der Waals surface area contributed by atoms with Gasteiger partial charge in [0.05, 0.1) is 18.8 Å². The molecule has 4 nitrogen and oxygen atoms in total. The molecule has 0 aliphatic carbocycles. The highest BCUT2D eigenvalue weighted by Crippen LogP contribution is 2.40. The summed E-state index contributed by atoms with van der Waals surface area (Å²) in [5, 5.41) is 3.34. The van der Waals surface area contributed by atoms with Crippen molar-refractivity contribution in [2.75, 3.05) is 27.1 Å². The lowest BCUT2D eigenvalue weighted by molar-refractivity contribution is -0.0751. The van der Waals surface area contributed by atoms with Crippen LogP contribution in [0.4, 0.5) is 0 Å². The molecule has 0 radical (unpaired) electrons. The largest absolute Gasteiger partial charge is 0.454 e. The molecule has 1 aromatic rings. The maximum atomic E-state index is 5.41. The van der Waals surface area contributed by atoms with Gasteiger partial charge in [-0.15, -0.1) is 0 Å². The van der Waals surface area contributed by atoms with Crippen LogP contribution < -0.4 is 14.8 Å². The van der Waals surface area contributed by atoms with Gasteiger partial charge in [-0.05, 0) is 37.2 Å². The molecule has 0 spiro atoms. The lowest BCUT2D eigenvalue weighted by Gasteiger charge is -2.42. The van der Waals surface area contributed by atoms with Crippen LogP contribution in [0.2, 0.25) is 0 Å². The van der Waals surface area contributed by atoms with Crippen LogP contribution in [0.15, 0.2) is 12.1 Å². The Labute approximate surface area is 94.5 Å². The minimum atomic E-state index is -0.0505. The zero-order valence-electron chi connectivity index (χ0n) is 9.50. The Balaban J connectivity index is 2.07. The van der Waals surface area contributed by atoms with E-state index in [1.165, 1.54) is 11.1 Å². The van der Waals surface area contributed by atoms with Crippen LogP contribution in [-0.2, 0) is 10.3 Å². The summed E-state index contributed by atoms with van der Waals surface area (Å²) >= 11 is 0. The molecular weight excluding hydrogens is 206 g/mol. The molecule has 0 bridgehead atoms. The van der Waals surface area contributed by atoms with Crippen LogP contribution in [0.5, 0.6) is 11.5 Å². The summed E-state index contributed by atoms with van der Waals surface area (Å²) in [6, 6.07) is 4.10. The van der Waals surface area contributed by atoms with Crippen LogP contribution >= 0.6 is 0 Å². The van der Waals surface area contributed by atoms with Gasteiger partial charge >= 0.3 is 0 Å². The van der Waals surface area contributed by atoms with Crippen LogP contribution in [-0.4, -0.2) is 27.1 Å². The van der Waals surface area contributed by atoms with Crippen LogP contribution in [0.25, 0.3) is 0 Å². The van der Waals surface area contributed by atoms with Gasteiger partial charge in [0, 0.05) is 0 Å². The third-order valence-electron chi connectivity index (χ3n) is 3.41. The number of benzene rings is 1. The Kier molecular flexibility index (Phi) is 2.09. The highest BCUT2D eigenvalue weighted by Gasteiger charge is 2.40. The lowest BCUT2D eigenvalue weighted by Crippen LogP contribution is -2.56. The minimum Gasteiger partial charge on any atom is -0.454 e. The molecule has 2 aliphatic heterocycles. The molecule has 3 rings (SSSR count). The van der Waals surface area contributed by atoms with E-state index in [4.69, 9.17) is 14.2 Å². The first kappa shape index (κ1) is 9.93. The van der Waals surface area contributed by atoms with Gasteiger partial charge in [-0.2, -0.15) is 0 Å². The monoisotopic (exact) mass is 221 g/mol. The molecule has 2 heterocycles. The maximum absolute atomic E-state index is 5.41. The third kappa shape index (κ3) is 1.23. The molecule has 1 fully saturated rings. The average Bonchev–Trinajstić information content (AvgIpc) is 2.64. The van der Waals surface area contributed by atoms with Gasteiger partial charge in [0.25, 0.3) is 0 Å². The number of hydrogen-bond donors (Lipinski definition) is 1. The minimum absolute atomic E-state index is 0.0505. The van der Waals surface area contributed by atoms with Crippen LogP contribution in [0, 0.1) is 6.92 Å². The summed E-state index contributed by atoms with van der Waals surface area (Å²) < 4.78 is 16.1. The number of rotatable bonds is 2. The van der Waals surface area contributed by atoms with Crippen molar-refractivity contribution in [3.05, 3.63) is 23.3 Å². The van der Waals surface area contributed by atoms with Gasteiger partial charge in [-0.25, -0.2) is 0 Å². The second-order valence-electron chi connectivity index (χ2n) is 4.35. The Hall–Kier alpha value is -1.26. The third-order valence-corrected chi connectivity index (χ3v) is 3.41. The van der Waals surface area contributed by atoms with Gasteiger partial charge in [0.1, 0.15) is 0 Å². The summed E-state index contributed by atoms with van der Waals surface area (Å²) in [5.74, 6) is 1.68. The van der Waals surface area contributed by atoms with Crippen LogP contribution in [0.1, 0.15) is 11.1 Å². The molecule has 0 unspecified atom stereocenters. The highest BCUT2D eigenvalue weighted by atomic mass is 16.7. The van der Waals surface area contributed by atoms with Gasteiger partial charge in [0.2, 0.25) is 6.79 Å². The number of ether oxygens (including phenoxy) is 3. The summed E-state index contributed by atoms with van der Waals surface area (Å²) in [5.41, 5.74) is 2.40. The van der Waals surface area contributed by atoms with E-state index in [1.807, 2.05) is 13.1 Å². The van der Waals surface area contributed by atoms with E-state index in [2.05, 4.69) is 18.3 Å². The number of aryl methyl sites for hydroxylation is 1. The maximum Gasteiger partial charge on any atom is 0.231 e. The highest BCUT2D eigenvalue weighted by molar-refractivity contribution is 5.51. The van der Waals surface area contributed by atoms with Crippen molar-refractivity contribution in [1.29, 1.82) is 0 Å². The van der Waals surface area contributed by atoms with E-state index >= 15 is 0 Å². The predicted octanol–water partition coefficient (Wildman–Crippen LogP) is 1.17. The zero-order valence-corrected chi connectivity index (χ0v) is 9.50. The number of fused-ring (bicyclic) bond motifs is 1. The van der Waals surface area contributed by atoms with Gasteiger partial charge in [0.15, 0.2) is 11.5 Å². The summed E-state index contributed by atoms with van der Waals surface area (Å²) in [7, 11) is 1.96. The molecule has 2 aliphatic rings. The lowest BCUT2D eigenvalue weighted by atomic mass is 9.85. The first-order valence-electron chi connectivity index (χ1n) is 5.42. The Morgan fingerprint density at radius 3 is 2.44 bits per heavy atom. The first-order chi connectivity index (χ1) is 7.75. The average molecular weight is 221 g/mol. The molecule has 86 valence electrons. The number of likely N-dealkylation sites (N-methyl/N-ethyl adjacent to an activating group) is 1. The van der Waals surface area contributed by atoms with E-state index in [0.29, 0.717) is 20.0 Å². The standard InChI is InChI=1S/C12H15NO3/c1-8-3-10-11(16-7-15-10)4-9(8)12(13-2)5-14-6-12/h3-4,13H,5-7H2,1-2H3. The van der Waals surface area contributed by atoms with Crippen molar-refractivity contribution in [2.45, 2.75) is 12.5 Å². The van der Waals surface area contributed by atoms with Crippen LogP contribution in [0.3, 0.4) is 0 Å². The number of nitrogens with one attached hydrogen (secondary N) is 1. The second kappa shape index (κ2) is 3.37. The normalized spacial score (nSPS) is 20.6. The predicted molar refractivity (Wildman–Crippen MR) is 58.9 cm³/mol. The molecule has 1 saturated heterocycles. The Morgan fingerprint density at radius 2 is 1.88 bits per heavy atom. The number of hydrogen-bond acceptors (Lipinski definition) is 4. The molecule has 0 atom stereocenters. The SMILES string of the molecule is CNC1(c2cc3c(cc2C)OCO3)COC1. The molecule has 1 N–H and O–H groups in total. The van der Waals surface area contributed by atoms with Crippen molar-refractivity contribution < 1.29 is 14.2 Å². The second-order valence-corrected chi connectivity index (χ2v) is 4.35. The van der Waals surface area contributed by atoms with Gasteiger partial charge in [-0.3, -0.25) is 0 Å². The smallest absolute Gasteiger partial charge is 0.231 e. The quantitative estimate of drug-likeness (QED) is 0.813.